The maximum atomic E-state index is 13.0. The summed E-state index contributed by atoms with van der Waals surface area (Å²) in [6.45, 7) is 3.17. The molecule has 0 bridgehead atoms. The Labute approximate surface area is 184 Å². The second-order valence-corrected chi connectivity index (χ2v) is 7.34. The molecule has 4 aromatic rings. The fourth-order valence-corrected chi connectivity index (χ4v) is 3.38. The van der Waals surface area contributed by atoms with Gasteiger partial charge in [-0.2, -0.15) is 0 Å². The van der Waals surface area contributed by atoms with Crippen LogP contribution in [0.1, 0.15) is 22.8 Å². The zero-order valence-corrected chi connectivity index (χ0v) is 17.6. The monoisotopic (exact) mass is 427 g/mol. The van der Waals surface area contributed by atoms with E-state index < -0.39 is 18.0 Å². The van der Waals surface area contributed by atoms with Crippen molar-refractivity contribution in [3.8, 4) is 11.3 Å². The highest BCUT2D eigenvalue weighted by molar-refractivity contribution is 6.04. The van der Waals surface area contributed by atoms with Crippen molar-refractivity contribution in [2.24, 2.45) is 0 Å². The van der Waals surface area contributed by atoms with Gasteiger partial charge in [0.1, 0.15) is 11.3 Å². The van der Waals surface area contributed by atoms with Gasteiger partial charge in [-0.1, -0.05) is 54.6 Å². The van der Waals surface area contributed by atoms with E-state index in [2.05, 4.69) is 5.32 Å². The summed E-state index contributed by atoms with van der Waals surface area (Å²) in [5.41, 5.74) is 1.75. The Hall–Kier alpha value is -4.19. The summed E-state index contributed by atoms with van der Waals surface area (Å²) < 4.78 is 11.4. The Morgan fingerprint density at radius 2 is 1.56 bits per heavy atom. The molecule has 0 fully saturated rings. The van der Waals surface area contributed by atoms with Gasteiger partial charge < -0.3 is 14.5 Å². The van der Waals surface area contributed by atoms with Crippen molar-refractivity contribution in [1.29, 1.82) is 0 Å². The van der Waals surface area contributed by atoms with Crippen LogP contribution in [0.2, 0.25) is 0 Å². The van der Waals surface area contributed by atoms with Gasteiger partial charge >= 0.3 is 5.97 Å². The largest absolute Gasteiger partial charge is 0.455 e. The summed E-state index contributed by atoms with van der Waals surface area (Å²) in [5.74, 6) is -0.831. The van der Waals surface area contributed by atoms with Gasteiger partial charge in [0, 0.05) is 16.8 Å². The first kappa shape index (κ1) is 21.1. The molecule has 0 aliphatic rings. The number of amides is 1. The van der Waals surface area contributed by atoms with Gasteiger partial charge in [0.15, 0.2) is 17.1 Å². The number of ether oxygens (including phenoxy) is 1. The van der Waals surface area contributed by atoms with Crippen molar-refractivity contribution in [3.63, 3.8) is 0 Å². The number of hydrogen-bond donors (Lipinski definition) is 1. The van der Waals surface area contributed by atoms with Gasteiger partial charge in [-0.05, 0) is 38.1 Å². The van der Waals surface area contributed by atoms with Crippen molar-refractivity contribution in [3.05, 3.63) is 100 Å². The molecule has 1 aromatic heterocycles. The van der Waals surface area contributed by atoms with Gasteiger partial charge in [-0.3, -0.25) is 9.59 Å². The van der Waals surface area contributed by atoms with Crippen molar-refractivity contribution >= 4 is 28.5 Å². The number of hydrogen-bond acceptors (Lipinski definition) is 5. The lowest BCUT2D eigenvalue weighted by Crippen LogP contribution is -2.30. The third-order valence-corrected chi connectivity index (χ3v) is 5.10. The molecule has 6 heteroatoms. The summed E-state index contributed by atoms with van der Waals surface area (Å²) in [7, 11) is 0. The van der Waals surface area contributed by atoms with Crippen molar-refractivity contribution < 1.29 is 18.7 Å². The third-order valence-electron chi connectivity index (χ3n) is 5.10. The lowest BCUT2D eigenvalue weighted by atomic mass is 10.0. The van der Waals surface area contributed by atoms with Gasteiger partial charge in [-0.15, -0.1) is 0 Å². The van der Waals surface area contributed by atoms with Crippen molar-refractivity contribution in [1.82, 2.24) is 0 Å². The van der Waals surface area contributed by atoms with Crippen LogP contribution in [0.3, 0.4) is 0 Å². The Bertz CT molecular complexity index is 1340. The molecule has 1 N–H and O–H groups in total. The Morgan fingerprint density at radius 1 is 0.906 bits per heavy atom. The topological polar surface area (TPSA) is 85.6 Å². The van der Waals surface area contributed by atoms with E-state index in [0.717, 1.165) is 5.56 Å². The highest BCUT2D eigenvalue weighted by Gasteiger charge is 2.23. The first-order valence-electron chi connectivity index (χ1n) is 10.1. The average Bonchev–Trinajstić information content (AvgIpc) is 2.82. The molecule has 3 aromatic carbocycles. The molecule has 1 heterocycles. The number of carbonyl (C=O) groups is 2. The second-order valence-electron chi connectivity index (χ2n) is 7.34. The summed E-state index contributed by atoms with van der Waals surface area (Å²) in [6.07, 6.45) is -1.05. The molecule has 0 radical (unpaired) electrons. The van der Waals surface area contributed by atoms with E-state index in [-0.39, 0.29) is 22.0 Å². The number of nitrogens with one attached hydrogen (secondary N) is 1. The van der Waals surface area contributed by atoms with Crippen LogP contribution in [-0.2, 0) is 9.53 Å². The zero-order valence-electron chi connectivity index (χ0n) is 17.6. The summed E-state index contributed by atoms with van der Waals surface area (Å²) in [6, 6.07) is 22.8. The molecule has 0 spiro atoms. The number of para-hydroxylation sites is 2. The standard InChI is InChI=1S/C26H21NO5/c1-16-22(28)20-14-9-15-21(24(20)32-23(16)18-10-5-3-6-11-18)26(30)31-17(2)25(29)27-19-12-7-4-8-13-19/h3-15,17H,1-2H3,(H,27,29). The van der Waals surface area contributed by atoms with E-state index in [9.17, 15) is 14.4 Å². The first-order chi connectivity index (χ1) is 15.5. The maximum Gasteiger partial charge on any atom is 0.342 e. The number of fused-ring (bicyclic) bond motifs is 1. The number of carbonyl (C=O) groups excluding carboxylic acids is 2. The molecule has 0 aliphatic heterocycles. The molecule has 32 heavy (non-hydrogen) atoms. The molecule has 1 unspecified atom stereocenters. The predicted molar refractivity (Wildman–Crippen MR) is 123 cm³/mol. The quantitative estimate of drug-likeness (QED) is 0.456. The normalized spacial score (nSPS) is 11.7. The maximum absolute atomic E-state index is 13.0. The fraction of sp³-hybridized carbons (Fsp3) is 0.115. The fourth-order valence-electron chi connectivity index (χ4n) is 3.38. The van der Waals surface area contributed by atoms with Crippen molar-refractivity contribution in [2.45, 2.75) is 20.0 Å². The van der Waals surface area contributed by atoms with E-state index in [1.165, 1.54) is 13.0 Å². The predicted octanol–water partition coefficient (Wildman–Crippen LogP) is 4.95. The third kappa shape index (κ3) is 4.16. The molecule has 4 rings (SSSR count). The van der Waals surface area contributed by atoms with Crippen LogP contribution in [0.4, 0.5) is 5.69 Å². The van der Waals surface area contributed by atoms with Gasteiger partial charge in [0.25, 0.3) is 5.91 Å². The van der Waals surface area contributed by atoms with Crippen LogP contribution >= 0.6 is 0 Å². The second kappa shape index (κ2) is 8.89. The van der Waals surface area contributed by atoms with Gasteiger partial charge in [0.05, 0.1) is 5.39 Å². The van der Waals surface area contributed by atoms with Crippen LogP contribution in [0, 0.1) is 6.92 Å². The molecule has 0 saturated heterocycles. The lowest BCUT2D eigenvalue weighted by Gasteiger charge is -2.14. The van der Waals surface area contributed by atoms with Crippen molar-refractivity contribution in [2.75, 3.05) is 5.32 Å². The van der Waals surface area contributed by atoms with Gasteiger partial charge in [-0.25, -0.2) is 4.79 Å². The van der Waals surface area contributed by atoms with Crippen LogP contribution in [0.25, 0.3) is 22.3 Å². The number of anilines is 1. The molecule has 1 amide bonds. The molecule has 160 valence electrons. The molecular weight excluding hydrogens is 406 g/mol. The van der Waals surface area contributed by atoms with Crippen LogP contribution in [0.5, 0.6) is 0 Å². The summed E-state index contributed by atoms with van der Waals surface area (Å²) in [5, 5.41) is 2.97. The minimum absolute atomic E-state index is 0.0798. The highest BCUT2D eigenvalue weighted by atomic mass is 16.5. The first-order valence-corrected chi connectivity index (χ1v) is 10.1. The number of rotatable bonds is 5. The zero-order chi connectivity index (χ0) is 22.7. The number of benzene rings is 3. The van der Waals surface area contributed by atoms with E-state index in [1.54, 1.807) is 43.3 Å². The molecule has 0 aliphatic carbocycles. The molecule has 1 atom stereocenters. The summed E-state index contributed by atoms with van der Waals surface area (Å²) >= 11 is 0. The Morgan fingerprint density at radius 3 is 2.25 bits per heavy atom. The smallest absolute Gasteiger partial charge is 0.342 e. The molecular formula is C26H21NO5. The minimum atomic E-state index is -1.05. The average molecular weight is 427 g/mol. The minimum Gasteiger partial charge on any atom is -0.455 e. The van der Waals surface area contributed by atoms with E-state index in [1.807, 2.05) is 36.4 Å². The van der Waals surface area contributed by atoms with E-state index >= 15 is 0 Å². The van der Waals surface area contributed by atoms with Crippen LogP contribution in [-0.4, -0.2) is 18.0 Å². The SMILES string of the molecule is Cc1c(-c2ccccc2)oc2c(C(=O)OC(C)C(=O)Nc3ccccc3)cccc2c1=O. The number of esters is 1. The molecule has 0 saturated carbocycles. The highest BCUT2D eigenvalue weighted by Crippen LogP contribution is 2.27. The lowest BCUT2D eigenvalue weighted by molar-refractivity contribution is -0.123. The Kier molecular flexibility index (Phi) is 5.85. The summed E-state index contributed by atoms with van der Waals surface area (Å²) in [4.78, 5) is 38.3. The molecule has 6 nitrogen and oxygen atoms in total. The van der Waals surface area contributed by atoms with E-state index in [0.29, 0.717) is 17.0 Å². The van der Waals surface area contributed by atoms with Crippen LogP contribution < -0.4 is 10.7 Å². The van der Waals surface area contributed by atoms with E-state index in [4.69, 9.17) is 9.15 Å². The Balaban J connectivity index is 1.66. The van der Waals surface area contributed by atoms with Gasteiger partial charge in [0.2, 0.25) is 0 Å². The van der Waals surface area contributed by atoms with Crippen LogP contribution in [0.15, 0.2) is 88.1 Å².